The molecule has 0 spiro atoms. The molecular weight excluding hydrogens is 619 g/mol. The maximum atomic E-state index is 14.1. The van der Waals surface area contributed by atoms with Crippen molar-refractivity contribution >= 4 is 46.9 Å². The minimum Gasteiger partial charge on any atom is -0.465 e. The van der Waals surface area contributed by atoms with Gasteiger partial charge < -0.3 is 20.4 Å². The lowest BCUT2D eigenvalue weighted by Gasteiger charge is -2.14. The van der Waals surface area contributed by atoms with E-state index in [2.05, 4.69) is 10.6 Å². The van der Waals surface area contributed by atoms with Crippen LogP contribution in [0.1, 0.15) is 21.7 Å². The van der Waals surface area contributed by atoms with Gasteiger partial charge in [-0.1, -0.05) is 18.2 Å². The molecule has 3 amide bonds. The van der Waals surface area contributed by atoms with E-state index < -0.39 is 64.2 Å². The Morgan fingerprint density at radius 2 is 1.43 bits per heavy atom. The third-order valence-electron chi connectivity index (χ3n) is 5.65. The lowest BCUT2D eigenvalue weighted by molar-refractivity contribution is -0.143. The number of anilines is 2. The second-order valence-electron chi connectivity index (χ2n) is 8.71. The van der Waals surface area contributed by atoms with Gasteiger partial charge in [0, 0.05) is 22.2 Å². The van der Waals surface area contributed by atoms with Crippen molar-refractivity contribution in [1.82, 2.24) is 5.32 Å². The molecule has 0 radical (unpaired) electrons. The van der Waals surface area contributed by atoms with Gasteiger partial charge in [-0.05, 0) is 48.5 Å². The Morgan fingerprint density at radius 3 is 2.00 bits per heavy atom. The summed E-state index contributed by atoms with van der Waals surface area (Å²) in [5.74, 6) is -12.9. The highest BCUT2D eigenvalue weighted by molar-refractivity contribution is 8.00. The quantitative estimate of drug-likeness (QED) is 0.0795. The standard InChI is InChI=1S/C29H18F7N3O4S/c30-22-21(29(34,35)36)23(31)25(33)26(24(22)32)39-20(40)14-44-18-10-8-16(9-11-18)37-28(42)19(13-17-7-4-12-43-17)38-27(41)15-5-2-1-3-6-15/h1-13H,14H2,(H,37,42)(H,38,41)(H,39,40)/b19-13-. The summed E-state index contributed by atoms with van der Waals surface area (Å²) in [5, 5.41) is 6.66. The van der Waals surface area contributed by atoms with Crippen molar-refractivity contribution in [1.29, 1.82) is 0 Å². The summed E-state index contributed by atoms with van der Waals surface area (Å²) in [7, 11) is 0. The molecule has 3 N–H and O–H groups in total. The second kappa shape index (κ2) is 13.5. The van der Waals surface area contributed by atoms with E-state index in [0.717, 1.165) is 11.8 Å². The minimum atomic E-state index is -5.72. The van der Waals surface area contributed by atoms with Gasteiger partial charge in [0.2, 0.25) is 5.91 Å². The summed E-state index contributed by atoms with van der Waals surface area (Å²) in [6, 6.07) is 17.1. The number of carbonyl (C=O) groups is 3. The topological polar surface area (TPSA) is 100 Å². The number of furan rings is 1. The zero-order valence-electron chi connectivity index (χ0n) is 21.9. The number of alkyl halides is 3. The number of hydrogen-bond donors (Lipinski definition) is 3. The lowest BCUT2D eigenvalue weighted by Crippen LogP contribution is -2.30. The maximum Gasteiger partial charge on any atom is 0.422 e. The van der Waals surface area contributed by atoms with Crippen LogP contribution in [0.15, 0.2) is 88.0 Å². The van der Waals surface area contributed by atoms with Gasteiger partial charge in [0.1, 0.15) is 22.7 Å². The summed E-state index contributed by atoms with van der Waals surface area (Å²) in [5.41, 5.74) is -4.03. The van der Waals surface area contributed by atoms with Gasteiger partial charge in [-0.25, -0.2) is 17.6 Å². The highest BCUT2D eigenvalue weighted by Crippen LogP contribution is 2.38. The molecule has 0 bridgehead atoms. The number of thioether (sulfide) groups is 1. The Kier molecular flexibility index (Phi) is 9.78. The molecule has 4 rings (SSSR count). The highest BCUT2D eigenvalue weighted by Gasteiger charge is 2.42. The van der Waals surface area contributed by atoms with E-state index in [1.165, 1.54) is 36.6 Å². The van der Waals surface area contributed by atoms with E-state index in [9.17, 15) is 45.1 Å². The summed E-state index contributed by atoms with van der Waals surface area (Å²) in [6.07, 6.45) is -3.02. The molecule has 4 aromatic rings. The van der Waals surface area contributed by atoms with Crippen LogP contribution in [0, 0.1) is 23.3 Å². The normalized spacial score (nSPS) is 11.7. The molecule has 0 saturated heterocycles. The number of carbonyl (C=O) groups excluding carboxylic acids is 3. The van der Waals surface area contributed by atoms with Crippen molar-refractivity contribution < 1.29 is 49.5 Å². The number of amides is 3. The summed E-state index contributed by atoms with van der Waals surface area (Å²) < 4.78 is 99.2. The Labute approximate surface area is 248 Å². The summed E-state index contributed by atoms with van der Waals surface area (Å²) in [4.78, 5) is 38.2. The molecule has 0 unspecified atom stereocenters. The first-order chi connectivity index (χ1) is 20.8. The largest absolute Gasteiger partial charge is 0.465 e. The second-order valence-corrected chi connectivity index (χ2v) is 9.76. The molecule has 44 heavy (non-hydrogen) atoms. The summed E-state index contributed by atoms with van der Waals surface area (Å²) >= 11 is 0.800. The molecule has 0 saturated carbocycles. The lowest BCUT2D eigenvalue weighted by atomic mass is 10.1. The molecule has 0 fully saturated rings. The number of hydrogen-bond acceptors (Lipinski definition) is 5. The van der Waals surface area contributed by atoms with Crippen molar-refractivity contribution in [3.05, 3.63) is 119 Å². The first-order valence-corrected chi connectivity index (χ1v) is 13.2. The zero-order valence-corrected chi connectivity index (χ0v) is 22.7. The number of halogens is 7. The number of nitrogens with one attached hydrogen (secondary N) is 3. The molecule has 0 aliphatic heterocycles. The van der Waals surface area contributed by atoms with Crippen LogP contribution in [-0.4, -0.2) is 23.5 Å². The number of benzene rings is 3. The summed E-state index contributed by atoms with van der Waals surface area (Å²) in [6.45, 7) is 0. The van der Waals surface area contributed by atoms with Crippen molar-refractivity contribution in [2.75, 3.05) is 16.4 Å². The first-order valence-electron chi connectivity index (χ1n) is 12.2. The van der Waals surface area contributed by atoms with Crippen LogP contribution in [0.4, 0.5) is 42.1 Å². The molecule has 0 aliphatic carbocycles. The Hall–Kier alpha value is -5.05. The van der Waals surface area contributed by atoms with E-state index in [-0.39, 0.29) is 17.1 Å². The molecule has 7 nitrogen and oxygen atoms in total. The molecule has 1 heterocycles. The van der Waals surface area contributed by atoms with Crippen LogP contribution in [0.5, 0.6) is 0 Å². The van der Waals surface area contributed by atoms with Crippen molar-refractivity contribution in [2.45, 2.75) is 11.1 Å². The zero-order chi connectivity index (χ0) is 32.0. The monoisotopic (exact) mass is 637 g/mol. The Balaban J connectivity index is 1.39. The van der Waals surface area contributed by atoms with Gasteiger partial charge in [-0.15, -0.1) is 11.8 Å². The van der Waals surface area contributed by atoms with Gasteiger partial charge in [-0.2, -0.15) is 13.2 Å². The fourth-order valence-corrected chi connectivity index (χ4v) is 4.30. The van der Waals surface area contributed by atoms with E-state index >= 15 is 0 Å². The van der Waals surface area contributed by atoms with Crippen molar-refractivity contribution in [2.24, 2.45) is 0 Å². The predicted octanol–water partition coefficient (Wildman–Crippen LogP) is 7.00. The molecule has 0 aliphatic rings. The molecule has 3 aromatic carbocycles. The van der Waals surface area contributed by atoms with Gasteiger partial charge in [0.05, 0.1) is 12.0 Å². The van der Waals surface area contributed by atoms with E-state index in [0.29, 0.717) is 10.5 Å². The molecule has 1 aromatic heterocycles. The predicted molar refractivity (Wildman–Crippen MR) is 146 cm³/mol. The van der Waals surface area contributed by atoms with E-state index in [1.54, 1.807) is 47.8 Å². The van der Waals surface area contributed by atoms with Gasteiger partial charge in [-0.3, -0.25) is 14.4 Å². The fraction of sp³-hybridized carbons (Fsp3) is 0.0690. The molecule has 228 valence electrons. The van der Waals surface area contributed by atoms with Gasteiger partial charge in [0.25, 0.3) is 11.8 Å². The third kappa shape index (κ3) is 7.66. The Morgan fingerprint density at radius 1 is 0.795 bits per heavy atom. The average molecular weight is 638 g/mol. The van der Waals surface area contributed by atoms with Crippen molar-refractivity contribution in [3.8, 4) is 0 Å². The molecule has 15 heteroatoms. The van der Waals surface area contributed by atoms with Gasteiger partial charge in [0.15, 0.2) is 23.3 Å². The SMILES string of the molecule is O=C(CSc1ccc(NC(=O)/C(=C/c2ccco2)NC(=O)c2ccccc2)cc1)Nc1c(F)c(F)c(C(F)(F)F)c(F)c1F. The van der Waals surface area contributed by atoms with Crippen LogP contribution >= 0.6 is 11.8 Å². The minimum absolute atomic E-state index is 0.139. The molecule has 0 atom stereocenters. The molecular formula is C29H18F7N3O4S. The highest BCUT2D eigenvalue weighted by atomic mass is 32.2. The van der Waals surface area contributed by atoms with Crippen LogP contribution in [-0.2, 0) is 15.8 Å². The van der Waals surface area contributed by atoms with E-state index in [4.69, 9.17) is 4.42 Å². The van der Waals surface area contributed by atoms with Crippen LogP contribution < -0.4 is 16.0 Å². The van der Waals surface area contributed by atoms with E-state index in [1.807, 2.05) is 0 Å². The van der Waals surface area contributed by atoms with Crippen molar-refractivity contribution in [3.63, 3.8) is 0 Å². The average Bonchev–Trinajstić information content (AvgIpc) is 3.50. The van der Waals surface area contributed by atoms with Crippen LogP contribution in [0.3, 0.4) is 0 Å². The fourth-order valence-electron chi connectivity index (χ4n) is 3.61. The third-order valence-corrected chi connectivity index (χ3v) is 6.66. The van der Waals surface area contributed by atoms with Crippen LogP contribution in [0.25, 0.3) is 6.08 Å². The van der Waals surface area contributed by atoms with Gasteiger partial charge >= 0.3 is 6.18 Å². The Bertz CT molecular complexity index is 1680. The van der Waals surface area contributed by atoms with Crippen LogP contribution in [0.2, 0.25) is 0 Å². The smallest absolute Gasteiger partial charge is 0.422 e. The first kappa shape index (κ1) is 31.9. The maximum absolute atomic E-state index is 14.1. The number of rotatable bonds is 9.